The minimum Gasteiger partial charge on any atom is -0.459 e. The number of aliphatic hydroxyl groups excluding tert-OH is 3. The average molecular weight is 710 g/mol. The normalized spacial score (nSPS) is 41.2. The van der Waals surface area contributed by atoms with Crippen LogP contribution in [0.15, 0.2) is 30.3 Å². The van der Waals surface area contributed by atoms with Crippen molar-refractivity contribution < 1.29 is 49.3 Å². The van der Waals surface area contributed by atoms with Gasteiger partial charge < -0.3 is 54.9 Å². The maximum atomic E-state index is 13.8. The zero-order valence-corrected chi connectivity index (χ0v) is 31.5. The van der Waals surface area contributed by atoms with Crippen molar-refractivity contribution in [1.29, 1.82) is 0 Å². The van der Waals surface area contributed by atoms with Crippen LogP contribution in [0.1, 0.15) is 80.2 Å². The third kappa shape index (κ3) is 9.94. The summed E-state index contributed by atoms with van der Waals surface area (Å²) in [7, 11) is 3.70. The molecule has 1 aromatic carbocycles. The van der Waals surface area contributed by atoms with Crippen molar-refractivity contribution in [3.8, 4) is 0 Å². The Morgan fingerprint density at radius 2 is 1.66 bits per heavy atom. The number of carbonyl (C=O) groups is 2. The van der Waals surface area contributed by atoms with Crippen LogP contribution in [0.3, 0.4) is 0 Å². The largest absolute Gasteiger partial charge is 0.459 e. The Kier molecular flexibility index (Phi) is 14.7. The molecular weight excluding hydrogens is 646 g/mol. The highest BCUT2D eigenvalue weighted by Gasteiger charge is 2.50. The van der Waals surface area contributed by atoms with Gasteiger partial charge in [0.1, 0.15) is 23.9 Å². The fourth-order valence-corrected chi connectivity index (χ4v) is 7.65. The first-order valence-electron chi connectivity index (χ1n) is 18.0. The van der Waals surface area contributed by atoms with E-state index >= 15 is 0 Å². The van der Waals surface area contributed by atoms with E-state index < -0.39 is 83.8 Å². The number of likely N-dealkylation sites (N-methyl/N-ethyl adjacent to an activating group) is 1. The third-order valence-electron chi connectivity index (χ3n) is 10.7. The lowest BCUT2D eigenvalue weighted by molar-refractivity contribution is -0.299. The van der Waals surface area contributed by atoms with E-state index in [1.54, 1.807) is 27.7 Å². The van der Waals surface area contributed by atoms with E-state index in [1.807, 2.05) is 63.2 Å². The smallest absolute Gasteiger partial charge is 0.318 e. The van der Waals surface area contributed by atoms with E-state index in [4.69, 9.17) is 14.2 Å². The molecule has 0 bridgehead atoms. The van der Waals surface area contributed by atoms with Gasteiger partial charge in [-0.2, -0.15) is 0 Å². The highest BCUT2D eigenvalue weighted by Crippen LogP contribution is 2.36. The predicted octanol–water partition coefficient (Wildman–Crippen LogP) is 2.26. The number of hydrogen-bond acceptors (Lipinski definition) is 11. The Morgan fingerprint density at radius 1 is 1.04 bits per heavy atom. The van der Waals surface area contributed by atoms with Crippen LogP contribution in [0.2, 0.25) is 0 Å². The Labute approximate surface area is 297 Å². The van der Waals surface area contributed by atoms with Crippen molar-refractivity contribution in [2.24, 2.45) is 17.8 Å². The number of cyclic esters (lactones) is 1. The Balaban J connectivity index is 2.05. The second kappa shape index (κ2) is 17.4. The number of benzene rings is 1. The number of ether oxygens (including phenoxy) is 3. The first-order chi connectivity index (χ1) is 23.2. The molecule has 1 unspecified atom stereocenters. The zero-order valence-electron chi connectivity index (χ0n) is 31.5. The summed E-state index contributed by atoms with van der Waals surface area (Å²) in [5.74, 6) is -3.23. The summed E-state index contributed by atoms with van der Waals surface area (Å²) in [6, 6.07) is 7.60. The minimum absolute atomic E-state index is 0.0578. The fraction of sp³-hybridized carbons (Fsp3) is 0.784. The Hall–Kier alpha value is -2.36. The maximum absolute atomic E-state index is 13.8. The second-order valence-electron chi connectivity index (χ2n) is 15.5. The summed E-state index contributed by atoms with van der Waals surface area (Å²) in [5.41, 5.74) is -2.79. The Bertz CT molecular complexity index is 1230. The Morgan fingerprint density at radius 3 is 2.24 bits per heavy atom. The molecule has 286 valence electrons. The van der Waals surface area contributed by atoms with Crippen LogP contribution < -0.4 is 5.32 Å². The molecule has 2 aliphatic heterocycles. The molecule has 1 aromatic rings. The van der Waals surface area contributed by atoms with Gasteiger partial charge in [-0.1, -0.05) is 51.1 Å². The van der Waals surface area contributed by atoms with Crippen LogP contribution in [-0.2, 0) is 25.5 Å². The summed E-state index contributed by atoms with van der Waals surface area (Å²) < 4.78 is 18.3. The highest BCUT2D eigenvalue weighted by atomic mass is 16.7. The molecule has 2 saturated heterocycles. The number of esters is 1. The molecule has 2 fully saturated rings. The summed E-state index contributed by atoms with van der Waals surface area (Å²) in [6.07, 6.45) is -7.00. The number of nitrogens with one attached hydrogen (secondary N) is 1. The molecule has 0 radical (unpaired) electrons. The quantitative estimate of drug-likeness (QED) is 0.239. The van der Waals surface area contributed by atoms with Crippen LogP contribution in [-0.4, -0.2) is 134 Å². The van der Waals surface area contributed by atoms with Gasteiger partial charge in [0.15, 0.2) is 6.29 Å². The summed E-state index contributed by atoms with van der Waals surface area (Å²) in [5, 5.41) is 61.4. The van der Waals surface area contributed by atoms with E-state index in [-0.39, 0.29) is 38.1 Å². The standard InChI is InChI=1S/C37H63N3O10/c1-11-28-37(8,47)31(43)25(6)40(35(45)38-19-26-15-13-12-14-16-26)20-21(2)18-36(7,46)32(23(4)29(41)24(5)33(44)49-28)50-34-30(42)27(39(9)10)17-22(3)48-34/h12-16,21-25,27-32,34,41-43,46-47H,11,17-20H2,1-10H3,(H,38,45)/t21-,22-,23+,24-,25-,27+,28-,29+,30-,31-,32-,34+,36?,37-/m1/s1. The predicted molar refractivity (Wildman–Crippen MR) is 188 cm³/mol. The molecule has 13 heteroatoms. The lowest BCUT2D eigenvalue weighted by Gasteiger charge is -2.46. The maximum Gasteiger partial charge on any atom is 0.318 e. The van der Waals surface area contributed by atoms with E-state index in [9.17, 15) is 35.1 Å². The van der Waals surface area contributed by atoms with E-state index in [0.717, 1.165) is 5.56 Å². The lowest BCUT2D eigenvalue weighted by Crippen LogP contribution is -2.61. The molecule has 0 saturated carbocycles. The van der Waals surface area contributed by atoms with Gasteiger partial charge in [-0.3, -0.25) is 4.79 Å². The van der Waals surface area contributed by atoms with Crippen molar-refractivity contribution in [3.05, 3.63) is 35.9 Å². The molecule has 2 heterocycles. The molecule has 0 aromatic heterocycles. The van der Waals surface area contributed by atoms with Crippen molar-refractivity contribution >= 4 is 12.0 Å². The van der Waals surface area contributed by atoms with Gasteiger partial charge in [-0.25, -0.2) is 4.79 Å². The number of amides is 2. The average Bonchev–Trinajstić information content (AvgIpc) is 3.06. The van der Waals surface area contributed by atoms with Gasteiger partial charge in [0.25, 0.3) is 0 Å². The molecule has 2 amide bonds. The van der Waals surface area contributed by atoms with E-state index in [0.29, 0.717) is 6.42 Å². The topological polar surface area (TPSA) is 181 Å². The third-order valence-corrected chi connectivity index (χ3v) is 10.7. The van der Waals surface area contributed by atoms with Gasteiger partial charge in [0, 0.05) is 25.0 Å². The molecule has 3 rings (SSSR count). The van der Waals surface area contributed by atoms with Crippen LogP contribution in [0, 0.1) is 17.8 Å². The summed E-state index contributed by atoms with van der Waals surface area (Å²) in [6.45, 7) is 13.4. The monoisotopic (exact) mass is 709 g/mol. The molecule has 0 aliphatic carbocycles. The highest BCUT2D eigenvalue weighted by molar-refractivity contribution is 5.75. The number of aliphatic hydroxyl groups is 5. The number of hydrogen-bond donors (Lipinski definition) is 6. The SMILES string of the molecule is CC[C@H]1OC(=O)[C@H](C)[C@@H](O)[C@H](C)[C@@H](O[C@@H]2O[C@H](C)C[C@H](N(C)C)[C@H]2O)C(C)(O)C[C@@H](C)CN(C(=O)NCc2ccccc2)[C@H](C)[C@@H](O)[C@]1(C)O. The summed E-state index contributed by atoms with van der Waals surface area (Å²) in [4.78, 5) is 30.7. The zero-order chi connectivity index (χ0) is 37.7. The van der Waals surface area contributed by atoms with Crippen LogP contribution >= 0.6 is 0 Å². The molecule has 50 heavy (non-hydrogen) atoms. The molecule has 0 spiro atoms. The minimum atomic E-state index is -1.98. The van der Waals surface area contributed by atoms with Gasteiger partial charge in [-0.15, -0.1) is 0 Å². The van der Waals surface area contributed by atoms with Crippen LogP contribution in [0.4, 0.5) is 4.79 Å². The van der Waals surface area contributed by atoms with Crippen molar-refractivity contribution in [3.63, 3.8) is 0 Å². The van der Waals surface area contributed by atoms with Crippen LogP contribution in [0.25, 0.3) is 0 Å². The van der Waals surface area contributed by atoms with Gasteiger partial charge in [0.2, 0.25) is 0 Å². The number of nitrogens with zero attached hydrogens (tertiary/aromatic N) is 2. The molecule has 2 aliphatic rings. The molecule has 6 N–H and O–H groups in total. The summed E-state index contributed by atoms with van der Waals surface area (Å²) >= 11 is 0. The molecular formula is C37H63N3O10. The number of rotatable bonds is 6. The van der Waals surface area contributed by atoms with Crippen molar-refractivity contribution in [1.82, 2.24) is 15.1 Å². The number of carbonyl (C=O) groups excluding carboxylic acids is 2. The molecule has 14 atom stereocenters. The van der Waals surface area contributed by atoms with Gasteiger partial charge >= 0.3 is 12.0 Å². The lowest BCUT2D eigenvalue weighted by atomic mass is 9.78. The first-order valence-corrected chi connectivity index (χ1v) is 18.0. The van der Waals surface area contributed by atoms with Crippen LogP contribution in [0.5, 0.6) is 0 Å². The van der Waals surface area contributed by atoms with Gasteiger partial charge in [-0.05, 0) is 79.5 Å². The van der Waals surface area contributed by atoms with E-state index in [1.165, 1.54) is 18.7 Å². The van der Waals surface area contributed by atoms with E-state index in [2.05, 4.69) is 5.32 Å². The van der Waals surface area contributed by atoms with Crippen molar-refractivity contribution in [2.45, 2.75) is 147 Å². The first kappa shape index (κ1) is 42.1. The second-order valence-corrected chi connectivity index (χ2v) is 15.5. The van der Waals surface area contributed by atoms with Gasteiger partial charge in [0.05, 0.1) is 35.9 Å². The fourth-order valence-electron chi connectivity index (χ4n) is 7.65. The number of urea groups is 1. The molecule has 13 nitrogen and oxygen atoms in total. The van der Waals surface area contributed by atoms with Crippen molar-refractivity contribution in [2.75, 3.05) is 20.6 Å².